The lowest BCUT2D eigenvalue weighted by Gasteiger charge is -1.99. The summed E-state index contributed by atoms with van der Waals surface area (Å²) in [5.41, 5.74) is 1.51. The molecule has 2 heterocycles. The minimum atomic E-state index is -0.290. The van der Waals surface area contributed by atoms with Crippen molar-refractivity contribution in [3.8, 4) is 11.3 Å². The zero-order valence-electron chi connectivity index (χ0n) is 11.9. The van der Waals surface area contributed by atoms with Crippen molar-refractivity contribution >= 4 is 45.5 Å². The number of thiazole rings is 1. The fourth-order valence-electron chi connectivity index (χ4n) is 1.70. The number of nitrogens with zero attached hydrogens (tertiary/aromatic N) is 3. The van der Waals surface area contributed by atoms with Crippen molar-refractivity contribution in [2.45, 2.75) is 11.3 Å². The van der Waals surface area contributed by atoms with Crippen LogP contribution in [0.2, 0.25) is 0 Å². The first-order chi connectivity index (χ1) is 11.1. The Labute approximate surface area is 144 Å². The van der Waals surface area contributed by atoms with E-state index in [0.29, 0.717) is 10.8 Å². The van der Waals surface area contributed by atoms with E-state index in [1.54, 1.807) is 12.1 Å². The van der Waals surface area contributed by atoms with E-state index in [-0.39, 0.29) is 17.5 Å². The number of hydrogen-bond donors (Lipinski definition) is 1. The van der Waals surface area contributed by atoms with Crippen LogP contribution in [0.15, 0.2) is 34.0 Å². The molecular weight excluding hydrogens is 355 g/mol. The normalized spacial score (nSPS) is 10.7. The quantitative estimate of drug-likeness (QED) is 0.695. The number of benzene rings is 1. The highest BCUT2D eigenvalue weighted by Gasteiger charge is 2.10. The maximum absolute atomic E-state index is 12.9. The van der Waals surface area contributed by atoms with Gasteiger partial charge in [-0.3, -0.25) is 4.79 Å². The molecule has 0 radical (unpaired) electrons. The molecule has 3 aromatic rings. The van der Waals surface area contributed by atoms with Gasteiger partial charge in [-0.1, -0.05) is 23.1 Å². The van der Waals surface area contributed by atoms with Gasteiger partial charge >= 0.3 is 0 Å². The van der Waals surface area contributed by atoms with Crippen LogP contribution in [0.5, 0.6) is 0 Å². The van der Waals surface area contributed by atoms with Gasteiger partial charge in [-0.25, -0.2) is 9.37 Å². The second kappa shape index (κ2) is 7.16. The van der Waals surface area contributed by atoms with Crippen molar-refractivity contribution in [1.29, 1.82) is 0 Å². The fourth-order valence-corrected chi connectivity index (χ4v) is 4.06. The van der Waals surface area contributed by atoms with Gasteiger partial charge in [0.2, 0.25) is 5.91 Å². The Hall–Kier alpha value is -1.84. The standard InChI is InChI=1S/C14H11FN4OS3/c1-8-18-19-14(23-8)22-7-12(20)17-13-16-11(6-21-13)9-2-4-10(15)5-3-9/h2-6H,7H2,1H3,(H,16,17,20). The molecule has 1 aromatic carbocycles. The highest BCUT2D eigenvalue weighted by molar-refractivity contribution is 8.01. The van der Waals surface area contributed by atoms with E-state index in [9.17, 15) is 9.18 Å². The van der Waals surface area contributed by atoms with E-state index in [2.05, 4.69) is 20.5 Å². The second-order valence-corrected chi connectivity index (χ2v) is 7.73. The summed E-state index contributed by atoms with van der Waals surface area (Å²) >= 11 is 4.13. The molecule has 0 saturated heterocycles. The molecule has 5 nitrogen and oxygen atoms in total. The first kappa shape index (κ1) is 16.0. The Morgan fingerprint density at radius 1 is 1.30 bits per heavy atom. The number of nitrogens with one attached hydrogen (secondary N) is 1. The Morgan fingerprint density at radius 2 is 2.09 bits per heavy atom. The topological polar surface area (TPSA) is 67.8 Å². The third-order valence-corrected chi connectivity index (χ3v) is 5.45. The Balaban J connectivity index is 1.58. The van der Waals surface area contributed by atoms with Crippen molar-refractivity contribution in [2.24, 2.45) is 0 Å². The number of aromatic nitrogens is 3. The fraction of sp³-hybridized carbons (Fsp3) is 0.143. The number of halogens is 1. The van der Waals surface area contributed by atoms with Crippen LogP contribution in [0.1, 0.15) is 5.01 Å². The second-order valence-electron chi connectivity index (χ2n) is 4.47. The number of amides is 1. The monoisotopic (exact) mass is 366 g/mol. The Kier molecular flexibility index (Phi) is 4.99. The Morgan fingerprint density at radius 3 is 2.78 bits per heavy atom. The van der Waals surface area contributed by atoms with Crippen LogP contribution in [0.4, 0.5) is 9.52 Å². The number of carbonyl (C=O) groups excluding carboxylic acids is 1. The molecular formula is C14H11FN4OS3. The summed E-state index contributed by atoms with van der Waals surface area (Å²) < 4.78 is 13.7. The van der Waals surface area contributed by atoms with Gasteiger partial charge in [0.25, 0.3) is 0 Å². The first-order valence-electron chi connectivity index (χ1n) is 6.54. The van der Waals surface area contributed by atoms with Crippen LogP contribution in [0, 0.1) is 12.7 Å². The summed E-state index contributed by atoms with van der Waals surface area (Å²) in [6, 6.07) is 6.08. The van der Waals surface area contributed by atoms with Crippen molar-refractivity contribution in [2.75, 3.05) is 11.1 Å². The average molecular weight is 366 g/mol. The van der Waals surface area contributed by atoms with Gasteiger partial charge in [0.05, 0.1) is 11.4 Å². The lowest BCUT2D eigenvalue weighted by molar-refractivity contribution is -0.113. The van der Waals surface area contributed by atoms with Crippen LogP contribution in [-0.4, -0.2) is 26.8 Å². The molecule has 1 N–H and O–H groups in total. The van der Waals surface area contributed by atoms with E-state index in [1.165, 1.54) is 46.6 Å². The summed E-state index contributed by atoms with van der Waals surface area (Å²) in [4.78, 5) is 16.3. The van der Waals surface area contributed by atoms with E-state index < -0.39 is 0 Å². The molecule has 0 aliphatic carbocycles. The van der Waals surface area contributed by atoms with Crippen molar-refractivity contribution in [3.05, 3.63) is 40.5 Å². The Bertz CT molecular complexity index is 816. The summed E-state index contributed by atoms with van der Waals surface area (Å²) in [7, 11) is 0. The predicted molar refractivity (Wildman–Crippen MR) is 91.5 cm³/mol. The van der Waals surface area contributed by atoms with E-state index in [1.807, 2.05) is 12.3 Å². The number of thioether (sulfide) groups is 1. The van der Waals surface area contributed by atoms with E-state index in [4.69, 9.17) is 0 Å². The van der Waals surface area contributed by atoms with E-state index >= 15 is 0 Å². The van der Waals surface area contributed by atoms with Gasteiger partial charge < -0.3 is 5.32 Å². The summed E-state index contributed by atoms with van der Waals surface area (Å²) in [6.07, 6.45) is 0. The largest absolute Gasteiger partial charge is 0.301 e. The molecule has 1 amide bonds. The van der Waals surface area contributed by atoms with Crippen LogP contribution >= 0.6 is 34.4 Å². The minimum Gasteiger partial charge on any atom is -0.301 e. The van der Waals surface area contributed by atoms with Crippen molar-refractivity contribution in [3.63, 3.8) is 0 Å². The van der Waals surface area contributed by atoms with Crippen LogP contribution < -0.4 is 5.32 Å². The molecule has 0 aliphatic rings. The predicted octanol–water partition coefficient (Wildman–Crippen LogP) is 3.84. The molecule has 0 unspecified atom stereocenters. The van der Waals surface area contributed by atoms with Crippen molar-refractivity contribution in [1.82, 2.24) is 15.2 Å². The molecule has 0 bridgehead atoms. The number of hydrogen-bond acceptors (Lipinski definition) is 7. The number of carbonyl (C=O) groups is 1. The molecule has 0 fully saturated rings. The third-order valence-electron chi connectivity index (χ3n) is 2.72. The molecule has 2 aromatic heterocycles. The number of rotatable bonds is 5. The average Bonchev–Trinajstić information content (AvgIpc) is 3.15. The maximum Gasteiger partial charge on any atom is 0.236 e. The van der Waals surface area contributed by atoms with E-state index in [0.717, 1.165) is 14.9 Å². The first-order valence-corrected chi connectivity index (χ1v) is 9.22. The van der Waals surface area contributed by atoms with Gasteiger partial charge in [0.1, 0.15) is 10.8 Å². The lowest BCUT2D eigenvalue weighted by atomic mass is 10.2. The zero-order chi connectivity index (χ0) is 16.2. The molecule has 0 spiro atoms. The molecule has 118 valence electrons. The number of aryl methyl sites for hydroxylation is 1. The molecule has 23 heavy (non-hydrogen) atoms. The zero-order valence-corrected chi connectivity index (χ0v) is 14.4. The molecule has 9 heteroatoms. The summed E-state index contributed by atoms with van der Waals surface area (Å²) in [5.74, 6) is -0.190. The highest BCUT2D eigenvalue weighted by Crippen LogP contribution is 2.26. The van der Waals surface area contributed by atoms with Crippen LogP contribution in [0.3, 0.4) is 0 Å². The molecule has 0 aliphatic heterocycles. The van der Waals surface area contributed by atoms with Gasteiger partial charge in [-0.2, -0.15) is 0 Å². The SMILES string of the molecule is Cc1nnc(SCC(=O)Nc2nc(-c3ccc(F)cc3)cs2)s1. The molecule has 0 saturated carbocycles. The van der Waals surface area contributed by atoms with Crippen LogP contribution in [-0.2, 0) is 4.79 Å². The summed E-state index contributed by atoms with van der Waals surface area (Å²) in [6.45, 7) is 1.87. The van der Waals surface area contributed by atoms with Gasteiger partial charge in [-0.05, 0) is 31.2 Å². The van der Waals surface area contributed by atoms with Gasteiger partial charge in [-0.15, -0.1) is 21.5 Å². The van der Waals surface area contributed by atoms with Crippen LogP contribution in [0.25, 0.3) is 11.3 Å². The minimum absolute atomic E-state index is 0.150. The summed E-state index contributed by atoms with van der Waals surface area (Å²) in [5, 5.41) is 13.8. The lowest BCUT2D eigenvalue weighted by Crippen LogP contribution is -2.13. The number of anilines is 1. The smallest absolute Gasteiger partial charge is 0.236 e. The van der Waals surface area contributed by atoms with Gasteiger partial charge in [0.15, 0.2) is 9.47 Å². The molecule has 3 rings (SSSR count). The third kappa shape index (κ3) is 4.34. The molecule has 0 atom stereocenters. The van der Waals surface area contributed by atoms with Crippen molar-refractivity contribution < 1.29 is 9.18 Å². The maximum atomic E-state index is 12.9. The van der Waals surface area contributed by atoms with Gasteiger partial charge in [0, 0.05) is 10.9 Å². The highest BCUT2D eigenvalue weighted by atomic mass is 32.2.